The minimum atomic E-state index is 0.00718. The van der Waals surface area contributed by atoms with E-state index < -0.39 is 0 Å². The molecule has 100 valence electrons. The van der Waals surface area contributed by atoms with E-state index in [2.05, 4.69) is 51.8 Å². The monoisotopic (exact) mass is 240 g/mol. The molecule has 0 aromatic rings. The lowest BCUT2D eigenvalue weighted by Crippen LogP contribution is -2.45. The van der Waals surface area contributed by atoms with Gasteiger partial charge in [-0.05, 0) is 25.2 Å². The summed E-state index contributed by atoms with van der Waals surface area (Å²) in [5.41, 5.74) is 0. The van der Waals surface area contributed by atoms with E-state index in [4.69, 9.17) is 0 Å². The van der Waals surface area contributed by atoms with Crippen molar-refractivity contribution in [3.8, 4) is 0 Å². The van der Waals surface area contributed by atoms with Gasteiger partial charge in [0.1, 0.15) is 0 Å². The number of carbonyl (C=O) groups is 1. The van der Waals surface area contributed by atoms with Crippen LogP contribution in [0.2, 0.25) is 0 Å². The molecule has 0 saturated carbocycles. The molecule has 3 heteroatoms. The van der Waals surface area contributed by atoms with Crippen molar-refractivity contribution >= 4 is 5.91 Å². The molecule has 3 atom stereocenters. The number of nitrogens with zero attached hydrogens (tertiary/aromatic N) is 1. The lowest BCUT2D eigenvalue weighted by Gasteiger charge is -2.32. The molecule has 0 radical (unpaired) electrons. The maximum absolute atomic E-state index is 12.4. The summed E-state index contributed by atoms with van der Waals surface area (Å²) >= 11 is 0. The number of hydrogen-bond acceptors (Lipinski definition) is 2. The van der Waals surface area contributed by atoms with Crippen molar-refractivity contribution in [2.75, 3.05) is 0 Å². The van der Waals surface area contributed by atoms with Crippen molar-refractivity contribution < 1.29 is 4.79 Å². The van der Waals surface area contributed by atoms with Crippen LogP contribution in [-0.2, 0) is 4.79 Å². The highest BCUT2D eigenvalue weighted by molar-refractivity contribution is 5.84. The smallest absolute Gasteiger partial charge is 0.241 e. The second kappa shape index (κ2) is 5.85. The predicted octanol–water partition coefficient (Wildman–Crippen LogP) is 2.61. The highest BCUT2D eigenvalue weighted by atomic mass is 16.2. The van der Waals surface area contributed by atoms with Crippen LogP contribution in [0.1, 0.15) is 54.4 Å². The van der Waals surface area contributed by atoms with E-state index in [1.165, 1.54) is 0 Å². The highest BCUT2D eigenvalue weighted by Crippen LogP contribution is 2.25. The first kappa shape index (κ1) is 14.5. The van der Waals surface area contributed by atoms with Gasteiger partial charge in [0.2, 0.25) is 5.91 Å². The van der Waals surface area contributed by atoms with Gasteiger partial charge in [-0.15, -0.1) is 0 Å². The zero-order chi connectivity index (χ0) is 13.2. The van der Waals surface area contributed by atoms with Gasteiger partial charge in [0.05, 0.1) is 12.2 Å². The highest BCUT2D eigenvalue weighted by Gasteiger charge is 2.42. The Bertz CT molecular complexity index is 263. The minimum absolute atomic E-state index is 0.00718. The fourth-order valence-corrected chi connectivity index (χ4v) is 2.45. The molecule has 1 N–H and O–H groups in total. The van der Waals surface area contributed by atoms with Crippen molar-refractivity contribution in [3.05, 3.63) is 0 Å². The number of rotatable bonds is 5. The van der Waals surface area contributed by atoms with Gasteiger partial charge in [-0.2, -0.15) is 0 Å². The van der Waals surface area contributed by atoms with E-state index in [0.29, 0.717) is 23.8 Å². The second-order valence-electron chi connectivity index (χ2n) is 5.92. The van der Waals surface area contributed by atoms with Crippen LogP contribution in [0.25, 0.3) is 0 Å². The second-order valence-corrected chi connectivity index (χ2v) is 5.92. The summed E-state index contributed by atoms with van der Waals surface area (Å²) in [6, 6.07) is 0.322. The zero-order valence-electron chi connectivity index (χ0n) is 12.2. The van der Waals surface area contributed by atoms with Crippen LogP contribution in [0, 0.1) is 11.8 Å². The van der Waals surface area contributed by atoms with Gasteiger partial charge >= 0.3 is 0 Å². The molecule has 17 heavy (non-hydrogen) atoms. The van der Waals surface area contributed by atoms with Crippen LogP contribution in [0.5, 0.6) is 0 Å². The predicted molar refractivity (Wildman–Crippen MR) is 71.6 cm³/mol. The van der Waals surface area contributed by atoms with Crippen molar-refractivity contribution in [2.24, 2.45) is 11.8 Å². The zero-order valence-corrected chi connectivity index (χ0v) is 12.2. The Morgan fingerprint density at radius 2 is 1.82 bits per heavy atom. The van der Waals surface area contributed by atoms with E-state index in [0.717, 1.165) is 12.8 Å². The van der Waals surface area contributed by atoms with Crippen LogP contribution in [0.4, 0.5) is 0 Å². The normalized spacial score (nSPS) is 27.3. The Balaban J connectivity index is 2.86. The molecule has 1 amide bonds. The van der Waals surface area contributed by atoms with Crippen molar-refractivity contribution in [1.29, 1.82) is 0 Å². The molecule has 1 saturated heterocycles. The molecule has 1 aliphatic heterocycles. The number of nitrogens with one attached hydrogen (secondary N) is 1. The topological polar surface area (TPSA) is 32.3 Å². The minimum Gasteiger partial charge on any atom is -0.323 e. The Kier molecular flexibility index (Phi) is 4.99. The summed E-state index contributed by atoms with van der Waals surface area (Å²) in [4.78, 5) is 14.5. The molecule has 0 aromatic heterocycles. The van der Waals surface area contributed by atoms with E-state index in [-0.39, 0.29) is 12.2 Å². The first-order valence-electron chi connectivity index (χ1n) is 6.98. The summed E-state index contributed by atoms with van der Waals surface area (Å²) in [7, 11) is 0. The SMILES string of the molecule is CCCC1NC(C(C)C)C(=O)N1C(C)C(C)C. The number of carbonyl (C=O) groups excluding carboxylic acids is 1. The van der Waals surface area contributed by atoms with Crippen LogP contribution < -0.4 is 5.32 Å². The molecule has 3 nitrogen and oxygen atoms in total. The molecular weight excluding hydrogens is 212 g/mol. The maximum Gasteiger partial charge on any atom is 0.241 e. The van der Waals surface area contributed by atoms with E-state index in [1.807, 2.05) is 0 Å². The fraction of sp³-hybridized carbons (Fsp3) is 0.929. The Morgan fingerprint density at radius 3 is 2.24 bits per heavy atom. The largest absolute Gasteiger partial charge is 0.323 e. The van der Waals surface area contributed by atoms with E-state index in [1.54, 1.807) is 0 Å². The van der Waals surface area contributed by atoms with Gasteiger partial charge < -0.3 is 4.90 Å². The van der Waals surface area contributed by atoms with Crippen LogP contribution in [0.3, 0.4) is 0 Å². The summed E-state index contributed by atoms with van der Waals surface area (Å²) in [5.74, 6) is 1.16. The quantitative estimate of drug-likeness (QED) is 0.801. The standard InChI is InChI=1S/C14H28N2O/c1-7-8-12-15-13(10(4)5)14(17)16(12)11(6)9(2)3/h9-13,15H,7-8H2,1-6H3. The van der Waals surface area contributed by atoms with Crippen molar-refractivity contribution in [3.63, 3.8) is 0 Å². The van der Waals surface area contributed by atoms with Gasteiger partial charge in [0.25, 0.3) is 0 Å². The average molecular weight is 240 g/mol. The maximum atomic E-state index is 12.4. The third kappa shape index (κ3) is 3.01. The van der Waals surface area contributed by atoms with E-state index in [9.17, 15) is 4.79 Å². The Hall–Kier alpha value is -0.570. The van der Waals surface area contributed by atoms with Crippen LogP contribution in [0.15, 0.2) is 0 Å². The number of amides is 1. The van der Waals surface area contributed by atoms with Crippen LogP contribution >= 0.6 is 0 Å². The molecule has 1 rings (SSSR count). The van der Waals surface area contributed by atoms with Gasteiger partial charge in [-0.1, -0.05) is 41.0 Å². The summed E-state index contributed by atoms with van der Waals surface area (Å²) in [6.07, 6.45) is 2.39. The molecule has 3 unspecified atom stereocenters. The third-order valence-corrected chi connectivity index (χ3v) is 3.86. The molecule has 0 aromatic carbocycles. The average Bonchev–Trinajstić information content (AvgIpc) is 2.55. The number of hydrogen-bond donors (Lipinski definition) is 1. The van der Waals surface area contributed by atoms with Gasteiger partial charge in [-0.25, -0.2) is 0 Å². The Morgan fingerprint density at radius 1 is 1.24 bits per heavy atom. The van der Waals surface area contributed by atoms with Gasteiger partial charge in [-0.3, -0.25) is 10.1 Å². The molecule has 0 spiro atoms. The molecular formula is C14H28N2O. The first-order chi connectivity index (χ1) is 7.90. The van der Waals surface area contributed by atoms with Crippen molar-refractivity contribution in [1.82, 2.24) is 10.2 Å². The Labute approximate surface area is 106 Å². The first-order valence-corrected chi connectivity index (χ1v) is 6.98. The fourth-order valence-electron chi connectivity index (χ4n) is 2.45. The molecule has 1 fully saturated rings. The summed E-state index contributed by atoms with van der Waals surface area (Å²) < 4.78 is 0. The van der Waals surface area contributed by atoms with Crippen molar-refractivity contribution in [2.45, 2.75) is 72.6 Å². The van der Waals surface area contributed by atoms with Gasteiger partial charge in [0.15, 0.2) is 0 Å². The lowest BCUT2D eigenvalue weighted by atomic mass is 10.0. The van der Waals surface area contributed by atoms with E-state index >= 15 is 0 Å². The lowest BCUT2D eigenvalue weighted by molar-refractivity contribution is -0.133. The molecule has 1 heterocycles. The molecule has 1 aliphatic rings. The molecule has 0 bridgehead atoms. The molecule has 0 aliphatic carbocycles. The summed E-state index contributed by atoms with van der Waals surface area (Å²) in [5, 5.41) is 3.50. The van der Waals surface area contributed by atoms with Crippen LogP contribution in [-0.4, -0.2) is 29.1 Å². The summed E-state index contributed by atoms with van der Waals surface area (Å²) in [6.45, 7) is 12.9. The van der Waals surface area contributed by atoms with Gasteiger partial charge in [0, 0.05) is 6.04 Å². The third-order valence-electron chi connectivity index (χ3n) is 3.86.